The molecule has 0 radical (unpaired) electrons. The molecule has 0 heterocycles. The second-order valence-corrected chi connectivity index (χ2v) is 7.48. The predicted molar refractivity (Wildman–Crippen MR) is 104 cm³/mol. The largest absolute Gasteiger partial charge is 0.319 e. The Bertz CT molecular complexity index is 629. The Hall–Kier alpha value is -1.51. The van der Waals surface area contributed by atoms with Crippen LogP contribution in [0.3, 0.4) is 0 Å². The fraction of sp³-hybridized carbons (Fsp3) is 0.333. The maximum Gasteiger partial charge on any atom is 0.114 e. The van der Waals surface area contributed by atoms with E-state index in [4.69, 9.17) is 0 Å². The molecule has 0 N–H and O–H groups in total. The van der Waals surface area contributed by atoms with E-state index in [0.29, 0.717) is 6.04 Å². The lowest BCUT2D eigenvalue weighted by atomic mass is 9.95. The average Bonchev–Trinajstić information content (AvgIpc) is 2.55. The monoisotopic (exact) mass is 326 g/mol. The van der Waals surface area contributed by atoms with E-state index in [9.17, 15) is 0 Å². The number of hydrogen-bond donors (Lipinski definition) is 0. The third-order valence-corrected chi connectivity index (χ3v) is 5.27. The lowest BCUT2D eigenvalue weighted by Crippen LogP contribution is -2.48. The van der Waals surface area contributed by atoms with Gasteiger partial charge in [-0.25, -0.2) is 0 Å². The van der Waals surface area contributed by atoms with Gasteiger partial charge in [0.15, 0.2) is 0 Å². The molecule has 0 aromatic heterocycles. The van der Waals surface area contributed by atoms with Gasteiger partial charge in [-0.15, -0.1) is 11.8 Å². The Kier molecular flexibility index (Phi) is 6.09. The minimum atomic E-state index is 0.412. The third-order valence-electron chi connectivity index (χ3n) is 4.53. The summed E-state index contributed by atoms with van der Waals surface area (Å²) in [5.41, 5.74) is 3.87. The Balaban J connectivity index is 2.20. The summed E-state index contributed by atoms with van der Waals surface area (Å²) in [7, 11) is 4.62. The summed E-state index contributed by atoms with van der Waals surface area (Å²) < 4.78 is 0.920. The number of nitrogens with zero attached hydrogens (tertiary/aromatic N) is 1. The first-order valence-corrected chi connectivity index (χ1v) is 9.40. The highest BCUT2D eigenvalue weighted by molar-refractivity contribution is 7.98. The van der Waals surface area contributed by atoms with Crippen molar-refractivity contribution in [2.75, 3.05) is 20.4 Å². The van der Waals surface area contributed by atoms with Crippen LogP contribution in [0.25, 0.3) is 5.57 Å². The van der Waals surface area contributed by atoms with Gasteiger partial charge in [0.2, 0.25) is 0 Å². The first-order chi connectivity index (χ1) is 11.0. The summed E-state index contributed by atoms with van der Waals surface area (Å²) in [6.07, 6.45) is 3.20. The van der Waals surface area contributed by atoms with Crippen molar-refractivity contribution >= 4 is 17.3 Å². The van der Waals surface area contributed by atoms with Gasteiger partial charge in [0.05, 0.1) is 14.1 Å². The van der Waals surface area contributed by atoms with Gasteiger partial charge in [-0.1, -0.05) is 56.0 Å². The molecule has 0 aliphatic carbocycles. The van der Waals surface area contributed by atoms with E-state index < -0.39 is 0 Å². The fourth-order valence-electron chi connectivity index (χ4n) is 3.32. The lowest BCUT2D eigenvalue weighted by molar-refractivity contribution is -0.919. The molecule has 0 spiro atoms. The molecule has 1 nitrogen and oxygen atoms in total. The van der Waals surface area contributed by atoms with Crippen molar-refractivity contribution in [2.45, 2.75) is 30.8 Å². The normalized spacial score (nSPS) is 12.9. The number of rotatable bonds is 7. The van der Waals surface area contributed by atoms with Gasteiger partial charge in [0.1, 0.15) is 12.6 Å². The molecule has 122 valence electrons. The third kappa shape index (κ3) is 4.49. The van der Waals surface area contributed by atoms with E-state index >= 15 is 0 Å². The molecule has 0 saturated heterocycles. The van der Waals surface area contributed by atoms with Gasteiger partial charge < -0.3 is 4.48 Å². The van der Waals surface area contributed by atoms with Crippen molar-refractivity contribution in [3.05, 3.63) is 72.3 Å². The summed E-state index contributed by atoms with van der Waals surface area (Å²) in [6.45, 7) is 7.71. The second kappa shape index (κ2) is 7.85. The highest BCUT2D eigenvalue weighted by Gasteiger charge is 2.30. The SMILES string of the molecule is C=C(c1ccc(SC)cc1)C(CC)[N+](C)(C)Cc1ccccc1. The van der Waals surface area contributed by atoms with Crippen molar-refractivity contribution in [1.82, 2.24) is 0 Å². The quantitative estimate of drug-likeness (QED) is 0.480. The Morgan fingerprint density at radius 2 is 1.65 bits per heavy atom. The molecule has 2 aromatic carbocycles. The van der Waals surface area contributed by atoms with E-state index in [1.54, 1.807) is 11.8 Å². The van der Waals surface area contributed by atoms with Crippen molar-refractivity contribution in [1.29, 1.82) is 0 Å². The first kappa shape index (κ1) is 17.8. The zero-order valence-electron chi connectivity index (χ0n) is 14.8. The van der Waals surface area contributed by atoms with E-state index in [2.05, 4.69) is 88.5 Å². The molecule has 0 amide bonds. The number of thioether (sulfide) groups is 1. The number of hydrogen-bond acceptors (Lipinski definition) is 1. The van der Waals surface area contributed by atoms with Crippen LogP contribution in [0.1, 0.15) is 24.5 Å². The predicted octanol–water partition coefficient (Wildman–Crippen LogP) is 5.48. The topological polar surface area (TPSA) is 0 Å². The van der Waals surface area contributed by atoms with Gasteiger partial charge >= 0.3 is 0 Å². The van der Waals surface area contributed by atoms with Gasteiger partial charge in [-0.05, 0) is 24.0 Å². The Labute approximate surface area is 145 Å². The van der Waals surface area contributed by atoms with Crippen LogP contribution < -0.4 is 0 Å². The van der Waals surface area contributed by atoms with Gasteiger partial charge in [0.25, 0.3) is 0 Å². The van der Waals surface area contributed by atoms with E-state index in [1.165, 1.54) is 21.6 Å². The maximum atomic E-state index is 4.44. The van der Waals surface area contributed by atoms with Crippen molar-refractivity contribution in [2.24, 2.45) is 0 Å². The summed E-state index contributed by atoms with van der Waals surface area (Å²) in [5.74, 6) is 0. The van der Waals surface area contributed by atoms with Crippen molar-refractivity contribution in [3.63, 3.8) is 0 Å². The van der Waals surface area contributed by atoms with Crippen LogP contribution in [0.4, 0.5) is 0 Å². The zero-order chi connectivity index (χ0) is 16.9. The van der Waals surface area contributed by atoms with Crippen LogP contribution in [0.5, 0.6) is 0 Å². The summed E-state index contributed by atoms with van der Waals surface area (Å²) in [6, 6.07) is 19.9. The van der Waals surface area contributed by atoms with Crippen LogP contribution in [-0.2, 0) is 6.54 Å². The zero-order valence-corrected chi connectivity index (χ0v) is 15.6. The van der Waals surface area contributed by atoms with Gasteiger partial charge in [0, 0.05) is 22.5 Å². The molecular weight excluding hydrogens is 298 g/mol. The van der Waals surface area contributed by atoms with Crippen molar-refractivity contribution < 1.29 is 4.48 Å². The molecule has 2 aromatic rings. The second-order valence-electron chi connectivity index (χ2n) is 6.60. The van der Waals surface area contributed by atoms with Gasteiger partial charge in [-0.3, -0.25) is 0 Å². The molecule has 0 aliphatic heterocycles. The van der Waals surface area contributed by atoms with E-state index in [-0.39, 0.29) is 0 Å². The Morgan fingerprint density at radius 1 is 1.04 bits per heavy atom. The lowest BCUT2D eigenvalue weighted by Gasteiger charge is -2.39. The molecule has 0 bridgehead atoms. The average molecular weight is 327 g/mol. The molecule has 2 rings (SSSR count). The maximum absolute atomic E-state index is 4.44. The van der Waals surface area contributed by atoms with Crippen LogP contribution in [-0.4, -0.2) is 30.9 Å². The van der Waals surface area contributed by atoms with E-state index in [1.807, 2.05) is 0 Å². The molecule has 1 atom stereocenters. The van der Waals surface area contributed by atoms with E-state index in [0.717, 1.165) is 17.4 Å². The fourth-order valence-corrected chi connectivity index (χ4v) is 3.73. The number of likely N-dealkylation sites (N-methyl/N-ethyl adjacent to an activating group) is 1. The molecule has 0 saturated carbocycles. The van der Waals surface area contributed by atoms with Gasteiger partial charge in [-0.2, -0.15) is 0 Å². The molecule has 23 heavy (non-hydrogen) atoms. The first-order valence-electron chi connectivity index (χ1n) is 8.17. The summed E-state index contributed by atoms with van der Waals surface area (Å²) >= 11 is 1.78. The standard InChI is InChI=1S/C21H28NS/c1-6-21(17(2)19-12-14-20(23-5)15-13-19)22(3,4)16-18-10-8-7-9-11-18/h7-15,21H,2,6,16H2,1,3-5H3/q+1. The minimum Gasteiger partial charge on any atom is -0.319 e. The summed E-state index contributed by atoms with van der Waals surface area (Å²) in [4.78, 5) is 1.30. The number of quaternary nitrogens is 1. The Morgan fingerprint density at radius 3 is 2.17 bits per heavy atom. The van der Waals surface area contributed by atoms with Crippen LogP contribution in [0, 0.1) is 0 Å². The molecule has 2 heteroatoms. The number of benzene rings is 2. The summed E-state index contributed by atoms with van der Waals surface area (Å²) in [5, 5.41) is 0. The molecule has 0 fully saturated rings. The van der Waals surface area contributed by atoms with Crippen LogP contribution in [0.2, 0.25) is 0 Å². The molecule has 0 aliphatic rings. The van der Waals surface area contributed by atoms with Crippen molar-refractivity contribution in [3.8, 4) is 0 Å². The highest BCUT2D eigenvalue weighted by atomic mass is 32.2. The van der Waals surface area contributed by atoms with Crippen LogP contribution >= 0.6 is 11.8 Å². The minimum absolute atomic E-state index is 0.412. The smallest absolute Gasteiger partial charge is 0.114 e. The van der Waals surface area contributed by atoms with Crippen LogP contribution in [0.15, 0.2) is 66.1 Å². The molecular formula is C21H28NS+. The highest BCUT2D eigenvalue weighted by Crippen LogP contribution is 2.29. The molecule has 1 unspecified atom stereocenters.